The van der Waals surface area contributed by atoms with Crippen molar-refractivity contribution in [2.75, 3.05) is 13.9 Å². The largest absolute Gasteiger partial charge is 0.467 e. The van der Waals surface area contributed by atoms with Gasteiger partial charge in [0, 0.05) is 7.11 Å². The summed E-state index contributed by atoms with van der Waals surface area (Å²) in [6, 6.07) is 9.06. The second-order valence-electron chi connectivity index (χ2n) is 8.99. The van der Waals surface area contributed by atoms with Gasteiger partial charge in [-0.3, -0.25) is 4.57 Å². The van der Waals surface area contributed by atoms with Crippen molar-refractivity contribution in [2.24, 2.45) is 0 Å². The molecule has 34 heavy (non-hydrogen) atoms. The Hall–Kier alpha value is -1.70. The third-order valence-corrected chi connectivity index (χ3v) is 12.1. The molecule has 0 unspecified atom stereocenters. The quantitative estimate of drug-likeness (QED) is 0.303. The molecule has 0 fully saturated rings. The van der Waals surface area contributed by atoms with Gasteiger partial charge < -0.3 is 19.3 Å². The van der Waals surface area contributed by atoms with E-state index in [1.165, 1.54) is 26.0 Å². The van der Waals surface area contributed by atoms with E-state index in [1.807, 2.05) is 26.0 Å². The molecular formula is C25H37O7PS. The second kappa shape index (κ2) is 10.9. The Morgan fingerprint density at radius 3 is 2.03 bits per heavy atom. The highest BCUT2D eigenvalue weighted by Crippen LogP contribution is 2.59. The number of rotatable bonds is 11. The van der Waals surface area contributed by atoms with Crippen LogP contribution in [0.5, 0.6) is 5.75 Å². The first kappa shape index (κ1) is 28.5. The van der Waals surface area contributed by atoms with Gasteiger partial charge in [0.15, 0.2) is 21.1 Å². The third-order valence-electron chi connectivity index (χ3n) is 6.53. The van der Waals surface area contributed by atoms with Gasteiger partial charge in [-0.05, 0) is 85.0 Å². The van der Waals surface area contributed by atoms with E-state index in [9.17, 15) is 22.8 Å². The van der Waals surface area contributed by atoms with Crippen LogP contribution in [0.1, 0.15) is 74.3 Å². The van der Waals surface area contributed by atoms with E-state index in [4.69, 9.17) is 9.47 Å². The summed E-state index contributed by atoms with van der Waals surface area (Å²) in [5.41, 5.74) is 4.62. The molecule has 0 bridgehead atoms. The minimum atomic E-state index is -4.93. The van der Waals surface area contributed by atoms with Gasteiger partial charge in [-0.25, -0.2) is 8.42 Å². The number of sulfone groups is 1. The molecular weight excluding hydrogens is 475 g/mol. The second-order valence-corrected chi connectivity index (χ2v) is 13.5. The molecule has 0 aliphatic heterocycles. The highest BCUT2D eigenvalue weighted by molar-refractivity contribution is 7.99. The Morgan fingerprint density at radius 2 is 1.59 bits per heavy atom. The van der Waals surface area contributed by atoms with E-state index in [-0.39, 0.29) is 30.4 Å². The van der Waals surface area contributed by atoms with Crippen molar-refractivity contribution in [2.45, 2.75) is 76.1 Å². The molecule has 2 N–H and O–H groups in total. The van der Waals surface area contributed by atoms with Crippen LogP contribution in [0.25, 0.3) is 0 Å². The lowest BCUT2D eigenvalue weighted by atomic mass is 9.93. The molecule has 0 radical (unpaired) electrons. The van der Waals surface area contributed by atoms with Gasteiger partial charge in [-0.1, -0.05) is 39.8 Å². The van der Waals surface area contributed by atoms with E-state index in [2.05, 4.69) is 19.9 Å². The highest BCUT2D eigenvalue weighted by Gasteiger charge is 2.55. The van der Waals surface area contributed by atoms with E-state index >= 15 is 0 Å². The van der Waals surface area contributed by atoms with Gasteiger partial charge in [0.2, 0.25) is 0 Å². The molecule has 0 aliphatic carbocycles. The summed E-state index contributed by atoms with van der Waals surface area (Å²) in [6.45, 7) is 11.0. The summed E-state index contributed by atoms with van der Waals surface area (Å²) in [5.74, 6) is 1.01. The smallest absolute Gasteiger partial charge is 0.347 e. The number of hydrogen-bond acceptors (Lipinski definition) is 5. The molecule has 2 aromatic rings. The Labute approximate surface area is 203 Å². The molecule has 2 rings (SSSR count). The van der Waals surface area contributed by atoms with E-state index in [0.717, 1.165) is 33.6 Å². The average Bonchev–Trinajstić information content (AvgIpc) is 2.74. The zero-order valence-corrected chi connectivity index (χ0v) is 22.8. The lowest BCUT2D eigenvalue weighted by Gasteiger charge is -2.32. The minimum Gasteiger partial charge on any atom is -0.467 e. The minimum absolute atomic E-state index is 0.0514. The summed E-state index contributed by atoms with van der Waals surface area (Å²) < 4.78 is 47.8. The zero-order valence-electron chi connectivity index (χ0n) is 21.1. The van der Waals surface area contributed by atoms with Crippen LogP contribution < -0.4 is 4.74 Å². The predicted molar refractivity (Wildman–Crippen MR) is 134 cm³/mol. The fourth-order valence-corrected chi connectivity index (χ4v) is 8.68. The molecule has 0 amide bonds. The topological polar surface area (TPSA) is 110 Å². The fraction of sp³-hybridized carbons (Fsp3) is 0.520. The third kappa shape index (κ3) is 5.42. The first-order valence-corrected chi connectivity index (χ1v) is 14.5. The van der Waals surface area contributed by atoms with Gasteiger partial charge in [-0.15, -0.1) is 0 Å². The number of aryl methyl sites for hydroxylation is 2. The van der Waals surface area contributed by atoms with Gasteiger partial charge >= 0.3 is 7.60 Å². The van der Waals surface area contributed by atoms with Crippen LogP contribution in [0.4, 0.5) is 0 Å². The summed E-state index contributed by atoms with van der Waals surface area (Å²) in [4.78, 5) is 19.9. The molecule has 0 spiro atoms. The Morgan fingerprint density at radius 1 is 1.03 bits per heavy atom. The Bertz CT molecular complexity index is 1140. The van der Waals surface area contributed by atoms with Crippen LogP contribution in [0.2, 0.25) is 0 Å². The number of methoxy groups -OCH3 is 1. The first-order chi connectivity index (χ1) is 15.8. The zero-order chi connectivity index (χ0) is 25.9. The fourth-order valence-electron chi connectivity index (χ4n) is 4.42. The van der Waals surface area contributed by atoms with Crippen LogP contribution in [-0.2, 0) is 25.6 Å². The summed E-state index contributed by atoms with van der Waals surface area (Å²) in [7, 11) is -7.63. The Balaban J connectivity index is 2.52. The highest BCUT2D eigenvalue weighted by atomic mass is 32.2. The van der Waals surface area contributed by atoms with Crippen molar-refractivity contribution in [3.05, 3.63) is 58.1 Å². The van der Waals surface area contributed by atoms with Crippen molar-refractivity contribution in [3.63, 3.8) is 0 Å². The number of hydrogen-bond donors (Lipinski definition) is 2. The molecule has 0 heterocycles. The van der Waals surface area contributed by atoms with Crippen molar-refractivity contribution < 1.29 is 32.2 Å². The van der Waals surface area contributed by atoms with Crippen LogP contribution in [-0.4, -0.2) is 36.6 Å². The normalized spacial score (nSPS) is 12.9. The molecule has 9 heteroatoms. The SMILES string of the molecule is CCC(CC)(P(=O)(O)O)S(=O)(=O)c1cc(C)c(Cc2ccc(OCOC)c(C(C)C)c2)c(C)c1. The van der Waals surface area contributed by atoms with Crippen molar-refractivity contribution in [1.29, 1.82) is 0 Å². The summed E-state index contributed by atoms with van der Waals surface area (Å²) in [6.07, 6.45) is 0.240. The van der Waals surface area contributed by atoms with Gasteiger partial charge in [0.05, 0.1) is 4.90 Å². The lowest BCUT2D eigenvalue weighted by molar-refractivity contribution is 0.0502. The summed E-state index contributed by atoms with van der Waals surface area (Å²) >= 11 is 0. The summed E-state index contributed by atoms with van der Waals surface area (Å²) in [5, 5.41) is 0. The molecule has 0 saturated carbocycles. The van der Waals surface area contributed by atoms with Crippen LogP contribution in [0.15, 0.2) is 35.2 Å². The number of benzene rings is 2. The molecule has 7 nitrogen and oxygen atoms in total. The monoisotopic (exact) mass is 512 g/mol. The predicted octanol–water partition coefficient (Wildman–Crippen LogP) is 5.47. The first-order valence-electron chi connectivity index (χ1n) is 11.4. The van der Waals surface area contributed by atoms with E-state index < -0.39 is 21.9 Å². The van der Waals surface area contributed by atoms with Crippen molar-refractivity contribution in [1.82, 2.24) is 0 Å². The van der Waals surface area contributed by atoms with Crippen LogP contribution in [0, 0.1) is 13.8 Å². The standard InChI is InChI=1S/C25H37O7PS/c1-8-25(9-2,33(26,27)28)34(29,30)21-12-18(5)23(19(6)13-21)15-20-10-11-24(32-16-31-7)22(14-20)17(3)4/h10-14,17H,8-9,15-16H2,1-7H3,(H2,26,27,28). The maximum Gasteiger partial charge on any atom is 0.347 e. The van der Waals surface area contributed by atoms with Crippen LogP contribution >= 0.6 is 7.60 Å². The van der Waals surface area contributed by atoms with Crippen molar-refractivity contribution >= 4 is 17.4 Å². The van der Waals surface area contributed by atoms with E-state index in [0.29, 0.717) is 6.42 Å². The Kier molecular flexibility index (Phi) is 9.16. The average molecular weight is 513 g/mol. The van der Waals surface area contributed by atoms with Gasteiger partial charge in [0.25, 0.3) is 0 Å². The maximum atomic E-state index is 13.5. The molecule has 190 valence electrons. The maximum absolute atomic E-state index is 13.5. The number of ether oxygens (including phenoxy) is 2. The molecule has 2 aromatic carbocycles. The molecule has 0 aromatic heterocycles. The van der Waals surface area contributed by atoms with Crippen LogP contribution in [0.3, 0.4) is 0 Å². The van der Waals surface area contributed by atoms with Crippen molar-refractivity contribution in [3.8, 4) is 5.75 Å². The molecule has 0 atom stereocenters. The molecule has 0 aliphatic rings. The lowest BCUT2D eigenvalue weighted by Crippen LogP contribution is -2.37. The molecule has 0 saturated heterocycles. The van der Waals surface area contributed by atoms with Gasteiger partial charge in [-0.2, -0.15) is 0 Å². The van der Waals surface area contributed by atoms with Gasteiger partial charge in [0.1, 0.15) is 5.75 Å². The van der Waals surface area contributed by atoms with E-state index in [1.54, 1.807) is 7.11 Å².